The summed E-state index contributed by atoms with van der Waals surface area (Å²) in [6.07, 6.45) is 4.31. The molecule has 0 N–H and O–H groups in total. The van der Waals surface area contributed by atoms with Crippen LogP contribution in [0.1, 0.15) is 32.0 Å². The summed E-state index contributed by atoms with van der Waals surface area (Å²) in [4.78, 5) is 22.7. The van der Waals surface area contributed by atoms with E-state index in [1.54, 1.807) is 0 Å². The van der Waals surface area contributed by atoms with E-state index in [0.717, 1.165) is 47.8 Å². The molecule has 1 fully saturated rings. The minimum atomic E-state index is 0.220. The molecule has 1 aromatic rings. The number of carbonyl (C=O) groups is 1. The van der Waals surface area contributed by atoms with Crippen molar-refractivity contribution in [1.82, 2.24) is 14.9 Å². The van der Waals surface area contributed by atoms with Gasteiger partial charge >= 0.3 is 0 Å². The van der Waals surface area contributed by atoms with Crippen LogP contribution in [0.3, 0.4) is 0 Å². The molecule has 1 saturated heterocycles. The highest BCUT2D eigenvalue weighted by Gasteiger charge is 2.16. The maximum atomic E-state index is 12.1. The maximum absolute atomic E-state index is 12.1. The first-order valence-electron chi connectivity index (χ1n) is 6.63. The zero-order valence-electron chi connectivity index (χ0n) is 11.1. The van der Waals surface area contributed by atoms with Gasteiger partial charge in [-0.05, 0) is 35.2 Å². The quantitative estimate of drug-likeness (QED) is 0.622. The largest absolute Gasteiger partial charge is 0.342 e. The van der Waals surface area contributed by atoms with Crippen molar-refractivity contribution in [3.05, 3.63) is 16.5 Å². The highest BCUT2D eigenvalue weighted by atomic mass is 79.9. The molecule has 4 nitrogen and oxygen atoms in total. The third-order valence-electron chi connectivity index (χ3n) is 3.09. The molecular weight excluding hydrogens is 326 g/mol. The molecule has 0 atom stereocenters. The van der Waals surface area contributed by atoms with Crippen molar-refractivity contribution in [2.75, 3.05) is 18.8 Å². The Kier molecular flexibility index (Phi) is 5.63. The number of piperidine rings is 1. The molecule has 2 heterocycles. The monoisotopic (exact) mass is 343 g/mol. The molecular formula is C13H18BrN3OS. The molecule has 0 radical (unpaired) electrons. The van der Waals surface area contributed by atoms with Gasteiger partial charge in [0.15, 0.2) is 0 Å². The van der Waals surface area contributed by atoms with E-state index in [-0.39, 0.29) is 5.91 Å². The fraction of sp³-hybridized carbons (Fsp3) is 0.615. The summed E-state index contributed by atoms with van der Waals surface area (Å²) < 4.78 is 0.785. The average molecular weight is 344 g/mol. The van der Waals surface area contributed by atoms with Gasteiger partial charge in [-0.1, -0.05) is 18.7 Å². The number of likely N-dealkylation sites (tertiary alicyclic amines) is 1. The molecule has 1 amide bonds. The maximum Gasteiger partial charge on any atom is 0.232 e. The Morgan fingerprint density at radius 2 is 2.11 bits per heavy atom. The first kappa shape index (κ1) is 14.8. The van der Waals surface area contributed by atoms with Crippen molar-refractivity contribution in [2.24, 2.45) is 0 Å². The Morgan fingerprint density at radius 3 is 2.79 bits per heavy atom. The van der Waals surface area contributed by atoms with Crippen LogP contribution in [0.4, 0.5) is 0 Å². The molecule has 1 aromatic heterocycles. The summed E-state index contributed by atoms with van der Waals surface area (Å²) in [6, 6.07) is 1.87. The molecule has 0 spiro atoms. The third kappa shape index (κ3) is 4.45. The van der Waals surface area contributed by atoms with Gasteiger partial charge in [-0.15, -0.1) is 0 Å². The fourth-order valence-corrected chi connectivity index (χ4v) is 3.44. The fourth-order valence-electron chi connectivity index (χ4n) is 2.04. The van der Waals surface area contributed by atoms with Crippen molar-refractivity contribution in [3.8, 4) is 0 Å². The van der Waals surface area contributed by atoms with E-state index in [0.29, 0.717) is 5.75 Å². The molecule has 6 heteroatoms. The smallest absolute Gasteiger partial charge is 0.232 e. The first-order chi connectivity index (χ1) is 9.19. The van der Waals surface area contributed by atoms with E-state index >= 15 is 0 Å². The van der Waals surface area contributed by atoms with Crippen molar-refractivity contribution in [1.29, 1.82) is 0 Å². The van der Waals surface area contributed by atoms with Gasteiger partial charge < -0.3 is 4.90 Å². The van der Waals surface area contributed by atoms with Gasteiger partial charge in [-0.2, -0.15) is 0 Å². The Bertz CT molecular complexity index is 450. The Balaban J connectivity index is 1.90. The second-order valence-electron chi connectivity index (χ2n) is 4.53. The van der Waals surface area contributed by atoms with Gasteiger partial charge in [0.2, 0.25) is 5.91 Å². The van der Waals surface area contributed by atoms with Crippen LogP contribution in [0.15, 0.2) is 15.7 Å². The van der Waals surface area contributed by atoms with Crippen molar-refractivity contribution < 1.29 is 4.79 Å². The molecule has 104 valence electrons. The van der Waals surface area contributed by atoms with Gasteiger partial charge in [0.25, 0.3) is 0 Å². The minimum absolute atomic E-state index is 0.220. The number of hydrogen-bond acceptors (Lipinski definition) is 4. The molecule has 1 aliphatic heterocycles. The van der Waals surface area contributed by atoms with Crippen molar-refractivity contribution in [2.45, 2.75) is 37.6 Å². The van der Waals surface area contributed by atoms with E-state index in [1.165, 1.54) is 18.2 Å². The molecule has 0 bridgehead atoms. The summed E-state index contributed by atoms with van der Waals surface area (Å²) in [7, 11) is 0. The first-order valence-corrected chi connectivity index (χ1v) is 8.41. The number of halogens is 1. The lowest BCUT2D eigenvalue weighted by atomic mass is 10.1. The standard InChI is InChI=1S/C13H18BrN3OS/c1-2-11-15-10(14)8-12(16-11)19-9-13(18)17-6-4-3-5-7-17/h8H,2-7,9H2,1H3. The predicted molar refractivity (Wildman–Crippen MR) is 80.3 cm³/mol. The highest BCUT2D eigenvalue weighted by molar-refractivity contribution is 9.10. The molecule has 1 aliphatic rings. The van der Waals surface area contributed by atoms with Gasteiger partial charge in [0.05, 0.1) is 5.75 Å². The molecule has 0 unspecified atom stereocenters. The number of thioether (sulfide) groups is 1. The second-order valence-corrected chi connectivity index (χ2v) is 6.34. The van der Waals surface area contributed by atoms with Crippen LogP contribution in [0, 0.1) is 0 Å². The number of aryl methyl sites for hydroxylation is 1. The number of hydrogen-bond donors (Lipinski definition) is 0. The highest BCUT2D eigenvalue weighted by Crippen LogP contribution is 2.20. The number of nitrogens with zero attached hydrogens (tertiary/aromatic N) is 3. The number of carbonyl (C=O) groups excluding carboxylic acids is 1. The van der Waals surface area contributed by atoms with Crippen LogP contribution in [-0.4, -0.2) is 39.6 Å². The van der Waals surface area contributed by atoms with Crippen LogP contribution < -0.4 is 0 Å². The molecule has 0 aromatic carbocycles. The minimum Gasteiger partial charge on any atom is -0.342 e. The van der Waals surface area contributed by atoms with Gasteiger partial charge in [-0.25, -0.2) is 9.97 Å². The van der Waals surface area contributed by atoms with Crippen LogP contribution in [0.25, 0.3) is 0 Å². The third-order valence-corrected chi connectivity index (χ3v) is 4.39. The summed E-state index contributed by atoms with van der Waals surface area (Å²) in [6.45, 7) is 3.84. The normalized spacial score (nSPS) is 15.6. The van der Waals surface area contributed by atoms with Gasteiger partial charge in [-0.3, -0.25) is 4.79 Å². The van der Waals surface area contributed by atoms with Crippen molar-refractivity contribution in [3.63, 3.8) is 0 Å². The van der Waals surface area contributed by atoms with E-state index < -0.39 is 0 Å². The lowest BCUT2D eigenvalue weighted by molar-refractivity contribution is -0.129. The molecule has 0 aliphatic carbocycles. The second kappa shape index (κ2) is 7.24. The van der Waals surface area contributed by atoms with Gasteiger partial charge in [0, 0.05) is 25.6 Å². The van der Waals surface area contributed by atoms with E-state index in [1.807, 2.05) is 17.9 Å². The SMILES string of the molecule is CCc1nc(Br)cc(SCC(=O)N2CCCCC2)n1. The number of amides is 1. The Morgan fingerprint density at radius 1 is 1.37 bits per heavy atom. The van der Waals surface area contributed by atoms with E-state index in [4.69, 9.17) is 0 Å². The summed E-state index contributed by atoms with van der Waals surface area (Å²) in [5, 5.41) is 0.865. The molecule has 19 heavy (non-hydrogen) atoms. The lowest BCUT2D eigenvalue weighted by Gasteiger charge is -2.26. The Labute approximate surface area is 126 Å². The summed E-state index contributed by atoms with van der Waals surface area (Å²) in [5.41, 5.74) is 0. The molecule has 2 rings (SSSR count). The predicted octanol–water partition coefficient (Wildman–Crippen LogP) is 2.91. The number of rotatable bonds is 4. The van der Waals surface area contributed by atoms with Crippen LogP contribution in [0.2, 0.25) is 0 Å². The van der Waals surface area contributed by atoms with Crippen LogP contribution in [0.5, 0.6) is 0 Å². The van der Waals surface area contributed by atoms with Gasteiger partial charge in [0.1, 0.15) is 15.5 Å². The zero-order chi connectivity index (χ0) is 13.7. The van der Waals surface area contributed by atoms with E-state index in [9.17, 15) is 4.79 Å². The summed E-state index contributed by atoms with van der Waals surface area (Å²) >= 11 is 4.87. The Hall–Kier alpha value is -0.620. The lowest BCUT2D eigenvalue weighted by Crippen LogP contribution is -2.36. The number of aromatic nitrogens is 2. The summed E-state index contributed by atoms with van der Waals surface area (Å²) in [5.74, 6) is 1.49. The van der Waals surface area contributed by atoms with Crippen LogP contribution in [-0.2, 0) is 11.2 Å². The average Bonchev–Trinajstić information content (AvgIpc) is 2.45. The van der Waals surface area contributed by atoms with Crippen molar-refractivity contribution >= 4 is 33.6 Å². The topological polar surface area (TPSA) is 46.1 Å². The van der Waals surface area contributed by atoms with Crippen LogP contribution >= 0.6 is 27.7 Å². The zero-order valence-corrected chi connectivity index (χ0v) is 13.5. The van der Waals surface area contributed by atoms with E-state index in [2.05, 4.69) is 25.9 Å². The molecule has 0 saturated carbocycles.